The lowest BCUT2D eigenvalue weighted by atomic mass is 9.92. The van der Waals surface area contributed by atoms with Crippen LogP contribution in [0.5, 0.6) is 5.75 Å². The lowest BCUT2D eigenvalue weighted by Crippen LogP contribution is -2.19. The molecule has 1 unspecified atom stereocenters. The number of nitrogens with zero attached hydrogens (tertiary/aromatic N) is 1. The molecular weight excluding hydrogens is 226 g/mol. The van der Waals surface area contributed by atoms with Crippen molar-refractivity contribution in [1.29, 1.82) is 0 Å². The molecule has 96 valence electrons. The van der Waals surface area contributed by atoms with Crippen molar-refractivity contribution in [3.05, 3.63) is 30.0 Å². The van der Waals surface area contributed by atoms with Gasteiger partial charge >= 0.3 is 0 Å². The number of rotatable bonds is 2. The number of hydrogen-bond acceptors (Lipinski definition) is 2. The third-order valence-corrected chi connectivity index (χ3v) is 3.99. The number of methoxy groups -OCH3 is 1. The Balaban J connectivity index is 2.19. The van der Waals surface area contributed by atoms with E-state index in [0.29, 0.717) is 0 Å². The van der Waals surface area contributed by atoms with Crippen molar-refractivity contribution in [2.45, 2.75) is 25.4 Å². The molecule has 1 aliphatic heterocycles. The van der Waals surface area contributed by atoms with Gasteiger partial charge in [-0.05, 0) is 31.9 Å². The Morgan fingerprint density at radius 3 is 2.89 bits per heavy atom. The number of aryl methyl sites for hydroxylation is 1. The smallest absolute Gasteiger partial charge is 0.120 e. The van der Waals surface area contributed by atoms with Gasteiger partial charge in [0, 0.05) is 36.9 Å². The van der Waals surface area contributed by atoms with Crippen molar-refractivity contribution in [3.63, 3.8) is 0 Å². The zero-order chi connectivity index (χ0) is 12.8. The SMILES string of the molecule is COc1ccc2c(C3(C)CCCO3)cn(C)c2c1. The van der Waals surface area contributed by atoms with E-state index < -0.39 is 0 Å². The van der Waals surface area contributed by atoms with Crippen LogP contribution in [0.3, 0.4) is 0 Å². The van der Waals surface area contributed by atoms with E-state index in [1.54, 1.807) is 7.11 Å². The summed E-state index contributed by atoms with van der Waals surface area (Å²) in [5.41, 5.74) is 2.36. The molecule has 0 bridgehead atoms. The van der Waals surface area contributed by atoms with Gasteiger partial charge < -0.3 is 14.0 Å². The van der Waals surface area contributed by atoms with Crippen LogP contribution in [-0.4, -0.2) is 18.3 Å². The number of ether oxygens (including phenoxy) is 2. The minimum absolute atomic E-state index is 0.131. The van der Waals surface area contributed by atoms with Crippen molar-refractivity contribution >= 4 is 10.9 Å². The van der Waals surface area contributed by atoms with Crippen LogP contribution in [0.25, 0.3) is 10.9 Å². The van der Waals surface area contributed by atoms with E-state index in [1.807, 2.05) is 6.07 Å². The first kappa shape index (κ1) is 11.6. The van der Waals surface area contributed by atoms with E-state index in [9.17, 15) is 0 Å². The first-order chi connectivity index (χ1) is 8.64. The summed E-state index contributed by atoms with van der Waals surface area (Å²) in [5, 5.41) is 1.27. The molecule has 1 aromatic carbocycles. The highest BCUT2D eigenvalue weighted by Crippen LogP contribution is 2.40. The van der Waals surface area contributed by atoms with E-state index >= 15 is 0 Å². The van der Waals surface area contributed by atoms with E-state index in [1.165, 1.54) is 16.5 Å². The first-order valence-electron chi connectivity index (χ1n) is 6.41. The quantitative estimate of drug-likeness (QED) is 0.811. The summed E-state index contributed by atoms with van der Waals surface area (Å²) in [7, 11) is 3.77. The summed E-state index contributed by atoms with van der Waals surface area (Å²) in [6.07, 6.45) is 4.43. The van der Waals surface area contributed by atoms with Gasteiger partial charge in [0.05, 0.1) is 18.2 Å². The minimum atomic E-state index is -0.131. The summed E-state index contributed by atoms with van der Waals surface area (Å²) < 4.78 is 13.4. The standard InChI is InChI=1S/C15H19NO2/c1-15(7-4-8-18-15)13-10-16(2)14-9-11(17-3)5-6-12(13)14/h5-6,9-10H,4,7-8H2,1-3H3. The second kappa shape index (κ2) is 4.02. The van der Waals surface area contributed by atoms with Gasteiger partial charge in [0.25, 0.3) is 0 Å². The zero-order valence-corrected chi connectivity index (χ0v) is 11.2. The van der Waals surface area contributed by atoms with Gasteiger partial charge in [-0.15, -0.1) is 0 Å². The zero-order valence-electron chi connectivity index (χ0n) is 11.2. The van der Waals surface area contributed by atoms with Crippen LogP contribution in [0.4, 0.5) is 0 Å². The van der Waals surface area contributed by atoms with Gasteiger partial charge in [0.2, 0.25) is 0 Å². The van der Waals surface area contributed by atoms with Crippen LogP contribution in [-0.2, 0) is 17.4 Å². The number of fused-ring (bicyclic) bond motifs is 1. The van der Waals surface area contributed by atoms with Crippen LogP contribution in [0.15, 0.2) is 24.4 Å². The molecule has 1 aromatic heterocycles. The van der Waals surface area contributed by atoms with Gasteiger partial charge in [-0.25, -0.2) is 0 Å². The van der Waals surface area contributed by atoms with Crippen molar-refractivity contribution in [2.75, 3.05) is 13.7 Å². The molecule has 1 fully saturated rings. The maximum atomic E-state index is 5.96. The van der Waals surface area contributed by atoms with E-state index in [2.05, 4.69) is 36.9 Å². The number of aromatic nitrogens is 1. The highest BCUT2D eigenvalue weighted by molar-refractivity contribution is 5.86. The molecule has 3 rings (SSSR count). The molecule has 0 aliphatic carbocycles. The molecule has 3 heteroatoms. The number of benzene rings is 1. The van der Waals surface area contributed by atoms with E-state index in [0.717, 1.165) is 25.2 Å². The second-order valence-electron chi connectivity index (χ2n) is 5.22. The van der Waals surface area contributed by atoms with Crippen molar-refractivity contribution in [1.82, 2.24) is 4.57 Å². The van der Waals surface area contributed by atoms with Crippen molar-refractivity contribution in [2.24, 2.45) is 7.05 Å². The molecule has 0 spiro atoms. The normalized spacial score (nSPS) is 23.7. The molecule has 0 saturated carbocycles. The van der Waals surface area contributed by atoms with Crippen molar-refractivity contribution < 1.29 is 9.47 Å². The van der Waals surface area contributed by atoms with Crippen LogP contribution in [0.2, 0.25) is 0 Å². The molecule has 18 heavy (non-hydrogen) atoms. The van der Waals surface area contributed by atoms with Gasteiger partial charge in [-0.3, -0.25) is 0 Å². The fourth-order valence-corrected chi connectivity index (χ4v) is 2.90. The third-order valence-electron chi connectivity index (χ3n) is 3.99. The lowest BCUT2D eigenvalue weighted by Gasteiger charge is -2.22. The maximum absolute atomic E-state index is 5.96. The molecular formula is C15H19NO2. The average molecular weight is 245 g/mol. The highest BCUT2D eigenvalue weighted by atomic mass is 16.5. The summed E-state index contributed by atoms with van der Waals surface area (Å²) in [4.78, 5) is 0. The van der Waals surface area contributed by atoms with E-state index in [4.69, 9.17) is 9.47 Å². The van der Waals surface area contributed by atoms with Gasteiger partial charge in [0.15, 0.2) is 0 Å². The molecule has 0 amide bonds. The Morgan fingerprint density at radius 2 is 2.22 bits per heavy atom. The Bertz CT molecular complexity index is 579. The lowest BCUT2D eigenvalue weighted by molar-refractivity contribution is 0.0179. The van der Waals surface area contributed by atoms with Crippen LogP contribution in [0.1, 0.15) is 25.3 Å². The fourth-order valence-electron chi connectivity index (χ4n) is 2.90. The summed E-state index contributed by atoms with van der Waals surface area (Å²) in [6, 6.07) is 6.23. The molecule has 2 heterocycles. The largest absolute Gasteiger partial charge is 0.497 e. The average Bonchev–Trinajstić information content (AvgIpc) is 2.95. The minimum Gasteiger partial charge on any atom is -0.497 e. The third kappa shape index (κ3) is 1.62. The predicted molar refractivity (Wildman–Crippen MR) is 72.0 cm³/mol. The van der Waals surface area contributed by atoms with Gasteiger partial charge in [-0.2, -0.15) is 0 Å². The van der Waals surface area contributed by atoms with Crippen LogP contribution in [0, 0.1) is 0 Å². The molecule has 0 radical (unpaired) electrons. The van der Waals surface area contributed by atoms with Crippen LogP contribution < -0.4 is 4.74 Å². The Labute approximate surface area is 107 Å². The van der Waals surface area contributed by atoms with Gasteiger partial charge in [-0.1, -0.05) is 0 Å². The molecule has 1 atom stereocenters. The first-order valence-corrected chi connectivity index (χ1v) is 6.41. The monoisotopic (exact) mass is 245 g/mol. The maximum Gasteiger partial charge on any atom is 0.120 e. The van der Waals surface area contributed by atoms with E-state index in [-0.39, 0.29) is 5.60 Å². The highest BCUT2D eigenvalue weighted by Gasteiger charge is 2.34. The number of hydrogen-bond donors (Lipinski definition) is 0. The van der Waals surface area contributed by atoms with Crippen LogP contribution >= 0.6 is 0 Å². The van der Waals surface area contributed by atoms with Crippen molar-refractivity contribution in [3.8, 4) is 5.75 Å². The predicted octanol–water partition coefficient (Wildman–Crippen LogP) is 3.21. The Hall–Kier alpha value is -1.48. The summed E-state index contributed by atoms with van der Waals surface area (Å²) >= 11 is 0. The molecule has 2 aromatic rings. The topological polar surface area (TPSA) is 23.4 Å². The second-order valence-corrected chi connectivity index (χ2v) is 5.22. The molecule has 0 N–H and O–H groups in total. The molecule has 1 saturated heterocycles. The summed E-state index contributed by atoms with van der Waals surface area (Å²) in [6.45, 7) is 3.06. The molecule has 1 aliphatic rings. The Kier molecular flexibility index (Phi) is 2.59. The van der Waals surface area contributed by atoms with Gasteiger partial charge in [0.1, 0.15) is 5.75 Å². The fraction of sp³-hybridized carbons (Fsp3) is 0.467. The molecule has 3 nitrogen and oxygen atoms in total. The Morgan fingerprint density at radius 1 is 1.39 bits per heavy atom. The summed E-state index contributed by atoms with van der Waals surface area (Å²) in [5.74, 6) is 0.896.